The van der Waals surface area contributed by atoms with E-state index in [2.05, 4.69) is 72.9 Å². The Labute approximate surface area is 119 Å². The first kappa shape index (κ1) is 13.2. The van der Waals surface area contributed by atoms with Crippen LogP contribution in [-0.2, 0) is 0 Å². The molecule has 0 aromatic heterocycles. The average Bonchev–Trinajstić information content (AvgIpc) is 2.13. The minimum atomic E-state index is 0.483. The molecule has 1 aromatic rings. The minimum Gasteiger partial charge on any atom is -0.382 e. The zero-order chi connectivity index (χ0) is 12.5. The predicted molar refractivity (Wildman–Crippen MR) is 83.4 cm³/mol. The Kier molecular flexibility index (Phi) is 4.01. The van der Waals surface area contributed by atoms with Gasteiger partial charge in [-0.15, -0.1) is 0 Å². The fraction of sp³-hybridized carbons (Fsp3) is 0.600. The van der Waals surface area contributed by atoms with Crippen molar-refractivity contribution in [3.05, 3.63) is 27.8 Å². The van der Waals surface area contributed by atoms with Crippen LogP contribution in [0.3, 0.4) is 0 Å². The van der Waals surface area contributed by atoms with Crippen LogP contribution in [0.5, 0.6) is 0 Å². The van der Waals surface area contributed by atoms with E-state index in [-0.39, 0.29) is 0 Å². The van der Waals surface area contributed by atoms with E-state index in [1.807, 2.05) is 0 Å². The zero-order valence-corrected chi connectivity index (χ0v) is 13.1. The Morgan fingerprint density at radius 1 is 1.29 bits per heavy atom. The molecule has 1 aliphatic rings. The highest BCUT2D eigenvalue weighted by atomic mass is 127. The van der Waals surface area contributed by atoms with Gasteiger partial charge in [-0.25, -0.2) is 0 Å². The lowest BCUT2D eigenvalue weighted by Crippen LogP contribution is -2.35. The Hall–Kier alpha value is -0.250. The molecule has 0 aliphatic heterocycles. The van der Waals surface area contributed by atoms with Gasteiger partial charge in [0.15, 0.2) is 0 Å². The van der Waals surface area contributed by atoms with Crippen molar-refractivity contribution in [2.24, 2.45) is 11.3 Å². The molecule has 2 unspecified atom stereocenters. The molecule has 0 amide bonds. The minimum absolute atomic E-state index is 0.483. The molecule has 1 saturated carbocycles. The molecule has 2 atom stereocenters. The second-order valence-corrected chi connectivity index (χ2v) is 7.51. The predicted octanol–water partition coefficient (Wildman–Crippen LogP) is 4.92. The van der Waals surface area contributed by atoms with Crippen LogP contribution in [-0.4, -0.2) is 6.04 Å². The van der Waals surface area contributed by atoms with Gasteiger partial charge in [0.2, 0.25) is 0 Å². The monoisotopic (exact) mass is 343 g/mol. The highest BCUT2D eigenvalue weighted by molar-refractivity contribution is 14.1. The van der Waals surface area contributed by atoms with Crippen molar-refractivity contribution >= 4 is 28.3 Å². The van der Waals surface area contributed by atoms with Crippen LogP contribution in [0.2, 0.25) is 0 Å². The average molecular weight is 343 g/mol. The van der Waals surface area contributed by atoms with Gasteiger partial charge in [-0.1, -0.05) is 26.8 Å². The van der Waals surface area contributed by atoms with Gasteiger partial charge in [0.1, 0.15) is 0 Å². The van der Waals surface area contributed by atoms with Crippen molar-refractivity contribution in [3.63, 3.8) is 0 Å². The number of nitrogens with one attached hydrogen (secondary N) is 1. The molecule has 1 nitrogen and oxygen atoms in total. The van der Waals surface area contributed by atoms with E-state index < -0.39 is 0 Å². The Morgan fingerprint density at radius 2 is 2.06 bits per heavy atom. The van der Waals surface area contributed by atoms with Gasteiger partial charge >= 0.3 is 0 Å². The summed E-state index contributed by atoms with van der Waals surface area (Å²) in [6.45, 7) is 7.17. The lowest BCUT2D eigenvalue weighted by Gasteiger charge is -2.39. The molecule has 1 N–H and O–H groups in total. The van der Waals surface area contributed by atoms with E-state index in [0.717, 1.165) is 5.92 Å². The van der Waals surface area contributed by atoms with Crippen LogP contribution in [0.4, 0.5) is 5.69 Å². The van der Waals surface area contributed by atoms with Crippen LogP contribution < -0.4 is 5.32 Å². The maximum atomic E-state index is 3.70. The van der Waals surface area contributed by atoms with E-state index in [4.69, 9.17) is 0 Å². The van der Waals surface area contributed by atoms with Crippen molar-refractivity contribution < 1.29 is 0 Å². The third-order valence-electron chi connectivity index (χ3n) is 3.58. The smallest absolute Gasteiger partial charge is 0.0352 e. The molecule has 1 aromatic carbocycles. The van der Waals surface area contributed by atoms with Gasteiger partial charge in [0, 0.05) is 15.3 Å². The van der Waals surface area contributed by atoms with Crippen LogP contribution in [0, 0.1) is 14.9 Å². The second kappa shape index (κ2) is 5.17. The molecule has 0 heterocycles. The molecule has 2 rings (SSSR count). The first-order valence-electron chi connectivity index (χ1n) is 6.47. The van der Waals surface area contributed by atoms with Crippen molar-refractivity contribution in [1.29, 1.82) is 0 Å². The summed E-state index contributed by atoms with van der Waals surface area (Å²) in [5.41, 5.74) is 1.75. The molecule has 17 heavy (non-hydrogen) atoms. The summed E-state index contributed by atoms with van der Waals surface area (Å²) in [5.74, 6) is 0.832. The number of rotatable bonds is 2. The van der Waals surface area contributed by atoms with E-state index in [1.54, 1.807) is 0 Å². The molecule has 0 saturated heterocycles. The zero-order valence-electron chi connectivity index (χ0n) is 11.0. The fourth-order valence-corrected chi connectivity index (χ4v) is 3.81. The third-order valence-corrected chi connectivity index (χ3v) is 4.25. The van der Waals surface area contributed by atoms with Gasteiger partial charge in [-0.05, 0) is 71.4 Å². The van der Waals surface area contributed by atoms with Gasteiger partial charge in [-0.2, -0.15) is 0 Å². The Balaban J connectivity index is 2.03. The van der Waals surface area contributed by atoms with Crippen molar-refractivity contribution in [2.45, 2.75) is 46.1 Å². The van der Waals surface area contributed by atoms with E-state index >= 15 is 0 Å². The van der Waals surface area contributed by atoms with Crippen LogP contribution >= 0.6 is 22.6 Å². The largest absolute Gasteiger partial charge is 0.382 e. The van der Waals surface area contributed by atoms with Crippen LogP contribution in [0.1, 0.15) is 40.0 Å². The second-order valence-electron chi connectivity index (χ2n) is 6.26. The van der Waals surface area contributed by atoms with E-state index in [9.17, 15) is 0 Å². The topological polar surface area (TPSA) is 12.0 Å². The summed E-state index contributed by atoms with van der Waals surface area (Å²) in [4.78, 5) is 0. The van der Waals surface area contributed by atoms with Crippen molar-refractivity contribution in [3.8, 4) is 0 Å². The summed E-state index contributed by atoms with van der Waals surface area (Å²) in [6, 6.07) is 9.30. The molecule has 0 radical (unpaired) electrons. The van der Waals surface area contributed by atoms with Crippen LogP contribution in [0.15, 0.2) is 24.3 Å². The molecular weight excluding hydrogens is 321 g/mol. The first-order valence-corrected chi connectivity index (χ1v) is 7.55. The standard InChI is InChI=1S/C15H22IN/c1-11-7-14(10-15(2,3)9-11)17-13-6-4-5-12(16)8-13/h4-6,8,11,14,17H,7,9-10H2,1-3H3. The lowest BCUT2D eigenvalue weighted by molar-refractivity contribution is 0.178. The molecular formula is C15H22IN. The molecule has 1 aliphatic carbocycles. The summed E-state index contributed by atoms with van der Waals surface area (Å²) in [7, 11) is 0. The highest BCUT2D eigenvalue weighted by Crippen LogP contribution is 2.39. The van der Waals surface area contributed by atoms with E-state index in [0.29, 0.717) is 11.5 Å². The van der Waals surface area contributed by atoms with Crippen LogP contribution in [0.25, 0.3) is 0 Å². The Bertz CT molecular complexity index is 386. The van der Waals surface area contributed by atoms with Gasteiger partial charge in [-0.3, -0.25) is 0 Å². The van der Waals surface area contributed by atoms with Gasteiger partial charge in [0.05, 0.1) is 0 Å². The third kappa shape index (κ3) is 3.87. The Morgan fingerprint density at radius 3 is 2.71 bits per heavy atom. The molecule has 94 valence electrons. The quantitative estimate of drug-likeness (QED) is 0.752. The lowest BCUT2D eigenvalue weighted by atomic mass is 9.70. The number of halogens is 1. The summed E-state index contributed by atoms with van der Waals surface area (Å²) >= 11 is 2.37. The number of benzene rings is 1. The van der Waals surface area contributed by atoms with Crippen molar-refractivity contribution in [1.82, 2.24) is 0 Å². The summed E-state index contributed by atoms with van der Waals surface area (Å²) in [6.07, 6.45) is 3.94. The number of anilines is 1. The molecule has 2 heteroatoms. The summed E-state index contributed by atoms with van der Waals surface area (Å²) < 4.78 is 1.30. The molecule has 0 spiro atoms. The maximum absolute atomic E-state index is 3.70. The maximum Gasteiger partial charge on any atom is 0.0352 e. The number of hydrogen-bond donors (Lipinski definition) is 1. The van der Waals surface area contributed by atoms with E-state index in [1.165, 1.54) is 28.5 Å². The highest BCUT2D eigenvalue weighted by Gasteiger charge is 2.31. The fourth-order valence-electron chi connectivity index (χ4n) is 3.27. The van der Waals surface area contributed by atoms with Gasteiger partial charge in [0.25, 0.3) is 0 Å². The normalized spacial score (nSPS) is 27.8. The van der Waals surface area contributed by atoms with Crippen molar-refractivity contribution in [2.75, 3.05) is 5.32 Å². The number of hydrogen-bond acceptors (Lipinski definition) is 1. The molecule has 1 fully saturated rings. The SMILES string of the molecule is CC1CC(Nc2cccc(I)c2)CC(C)(C)C1. The molecule has 0 bridgehead atoms. The first-order chi connectivity index (χ1) is 7.94. The van der Waals surface area contributed by atoms with Gasteiger partial charge < -0.3 is 5.32 Å². The summed E-state index contributed by atoms with van der Waals surface area (Å²) in [5, 5.41) is 3.70.